The second-order valence-electron chi connectivity index (χ2n) is 5.47. The number of rotatable bonds is 7. The van der Waals surface area contributed by atoms with Crippen molar-refractivity contribution in [3.05, 3.63) is 20.7 Å². The van der Waals surface area contributed by atoms with Crippen LogP contribution in [0.1, 0.15) is 38.3 Å². The molecule has 0 saturated heterocycles. The van der Waals surface area contributed by atoms with Crippen LogP contribution < -0.4 is 10.5 Å². The van der Waals surface area contributed by atoms with E-state index in [4.69, 9.17) is 12.2 Å². The van der Waals surface area contributed by atoms with Crippen LogP contribution in [0, 0.1) is 4.77 Å². The van der Waals surface area contributed by atoms with Crippen molar-refractivity contribution in [3.63, 3.8) is 0 Å². The Morgan fingerprint density at radius 3 is 2.76 bits per heavy atom. The quantitative estimate of drug-likeness (QED) is 0.391. The van der Waals surface area contributed by atoms with Gasteiger partial charge in [0.1, 0.15) is 5.56 Å². The zero-order chi connectivity index (χ0) is 16.0. The molecule has 7 heteroatoms. The highest BCUT2D eigenvalue weighted by Gasteiger charge is 2.14. The monoisotopic (exact) mass is 313 g/mol. The van der Waals surface area contributed by atoms with Gasteiger partial charge in [-0.25, -0.2) is 0 Å². The third kappa shape index (κ3) is 4.78. The fraction of sp³-hybridized carbons (Fsp3) is 0.643. The van der Waals surface area contributed by atoms with Gasteiger partial charge in [0.2, 0.25) is 5.88 Å². The van der Waals surface area contributed by atoms with Gasteiger partial charge in [0.25, 0.3) is 5.56 Å². The molecule has 0 aliphatic heterocycles. The Balaban J connectivity index is 3.00. The Bertz CT molecular complexity index is 604. The number of hydrogen-bond donors (Lipinski definition) is 3. The smallest absolute Gasteiger partial charge is 0.264 e. The molecule has 1 atom stereocenters. The molecule has 0 amide bonds. The van der Waals surface area contributed by atoms with Crippen molar-refractivity contribution in [2.45, 2.75) is 32.7 Å². The van der Waals surface area contributed by atoms with Gasteiger partial charge < -0.3 is 10.0 Å². The van der Waals surface area contributed by atoms with Gasteiger partial charge >= 0.3 is 0 Å². The molecule has 1 aromatic heterocycles. The van der Waals surface area contributed by atoms with Crippen LogP contribution in [-0.4, -0.2) is 48.1 Å². The van der Waals surface area contributed by atoms with Crippen LogP contribution in [0.5, 0.6) is 5.88 Å². The molecule has 0 aromatic carbocycles. The van der Waals surface area contributed by atoms with E-state index < -0.39 is 5.56 Å². The molecule has 0 spiro atoms. The number of nitrogens with one attached hydrogen (secondary N) is 2. The average molecular weight is 313 g/mol. The molecule has 0 unspecified atom stereocenters. The maximum atomic E-state index is 11.9. The van der Waals surface area contributed by atoms with Gasteiger partial charge in [-0.2, -0.15) is 0 Å². The van der Waals surface area contributed by atoms with Crippen molar-refractivity contribution < 1.29 is 10.0 Å². The minimum absolute atomic E-state index is 0.0128. The topological polar surface area (TPSA) is 74.8 Å². The van der Waals surface area contributed by atoms with E-state index in [-0.39, 0.29) is 22.3 Å². The molecule has 6 nitrogen and oxygen atoms in total. The summed E-state index contributed by atoms with van der Waals surface area (Å²) in [4.78, 5) is 20.1. The first-order chi connectivity index (χ1) is 9.88. The Hall–Kier alpha value is -1.47. The van der Waals surface area contributed by atoms with Crippen molar-refractivity contribution in [1.82, 2.24) is 9.55 Å². The lowest BCUT2D eigenvalue weighted by molar-refractivity contribution is -0.858. The summed E-state index contributed by atoms with van der Waals surface area (Å²) in [5.41, 5.74) is -0.236. The van der Waals surface area contributed by atoms with E-state index in [1.807, 2.05) is 13.8 Å². The number of aliphatic imine (C=N–C) groups is 1. The Labute approximate surface area is 130 Å². The van der Waals surface area contributed by atoms with E-state index >= 15 is 0 Å². The van der Waals surface area contributed by atoms with E-state index in [2.05, 4.69) is 24.1 Å². The van der Waals surface area contributed by atoms with E-state index in [1.54, 1.807) is 4.57 Å². The van der Waals surface area contributed by atoms with Crippen molar-refractivity contribution in [3.8, 4) is 5.88 Å². The first-order valence-corrected chi connectivity index (χ1v) is 7.65. The van der Waals surface area contributed by atoms with E-state index in [0.717, 1.165) is 19.4 Å². The number of nitrogens with zero attached hydrogens (tertiary/aromatic N) is 2. The number of aromatic amines is 1. The predicted molar refractivity (Wildman–Crippen MR) is 87.3 cm³/mol. The van der Waals surface area contributed by atoms with Crippen LogP contribution in [0.25, 0.3) is 0 Å². The lowest BCUT2D eigenvalue weighted by atomic mass is 10.2. The highest BCUT2D eigenvalue weighted by molar-refractivity contribution is 7.71. The lowest BCUT2D eigenvalue weighted by Crippen LogP contribution is -3.05. The molecule has 0 aliphatic carbocycles. The van der Waals surface area contributed by atoms with Crippen LogP contribution in [0.2, 0.25) is 0 Å². The predicted octanol–water partition coefficient (Wildman–Crippen LogP) is 0.536. The lowest BCUT2D eigenvalue weighted by Gasteiger charge is -2.16. The summed E-state index contributed by atoms with van der Waals surface area (Å²) < 4.78 is 1.79. The molecular weight excluding hydrogens is 288 g/mol. The molecule has 1 rings (SSSR count). The third-order valence-corrected chi connectivity index (χ3v) is 3.67. The largest absolute Gasteiger partial charge is 0.494 e. The molecule has 3 N–H and O–H groups in total. The fourth-order valence-electron chi connectivity index (χ4n) is 1.94. The SMILES string of the molecule is CC[C@@H](C)n1c(O)c(C=NCCC[NH+](C)C)c(=O)[nH]c1=S. The van der Waals surface area contributed by atoms with Gasteiger partial charge in [-0.05, 0) is 25.6 Å². The number of quaternary nitrogens is 1. The summed E-state index contributed by atoms with van der Waals surface area (Å²) in [5.74, 6) is -0.111. The minimum Gasteiger partial charge on any atom is -0.494 e. The molecule has 0 radical (unpaired) electrons. The highest BCUT2D eigenvalue weighted by atomic mass is 32.1. The van der Waals surface area contributed by atoms with Gasteiger partial charge in [0.05, 0.1) is 20.6 Å². The summed E-state index contributed by atoms with van der Waals surface area (Å²) in [6, 6.07) is 0.0128. The zero-order valence-electron chi connectivity index (χ0n) is 13.1. The number of hydrogen-bond acceptors (Lipinski definition) is 4. The van der Waals surface area contributed by atoms with Gasteiger partial charge in [-0.3, -0.25) is 19.3 Å². The maximum absolute atomic E-state index is 11.9. The number of aromatic hydroxyl groups is 1. The second-order valence-corrected chi connectivity index (χ2v) is 5.86. The molecular formula is C14H25N4O2S+. The standard InChI is InChI=1S/C14H24N4O2S/c1-5-10(2)18-13(20)11(12(19)16-14(18)21)9-15-7-6-8-17(3)4/h9-10,20H,5-8H2,1-4H3,(H,16,19,21)/p+1/t10-/m1/s1. The maximum Gasteiger partial charge on any atom is 0.264 e. The Morgan fingerprint density at radius 2 is 2.19 bits per heavy atom. The zero-order valence-corrected chi connectivity index (χ0v) is 14.0. The molecule has 0 bridgehead atoms. The van der Waals surface area contributed by atoms with E-state index in [1.165, 1.54) is 11.1 Å². The van der Waals surface area contributed by atoms with Crippen molar-refractivity contribution in [1.29, 1.82) is 0 Å². The summed E-state index contributed by atoms with van der Waals surface area (Å²) in [6.07, 6.45) is 3.17. The summed E-state index contributed by atoms with van der Waals surface area (Å²) in [7, 11) is 4.16. The first-order valence-electron chi connectivity index (χ1n) is 7.25. The second kappa shape index (κ2) is 8.09. The van der Waals surface area contributed by atoms with E-state index in [9.17, 15) is 9.90 Å². The van der Waals surface area contributed by atoms with Gasteiger partial charge in [-0.15, -0.1) is 0 Å². The molecule has 1 aromatic rings. The molecule has 0 saturated carbocycles. The number of aromatic nitrogens is 2. The third-order valence-electron chi connectivity index (χ3n) is 3.37. The van der Waals surface area contributed by atoms with Crippen LogP contribution in [0.3, 0.4) is 0 Å². The average Bonchev–Trinajstić information content (AvgIpc) is 2.40. The highest BCUT2D eigenvalue weighted by Crippen LogP contribution is 2.19. The van der Waals surface area contributed by atoms with Crippen molar-refractivity contribution in [2.24, 2.45) is 4.99 Å². The minimum atomic E-state index is -0.404. The van der Waals surface area contributed by atoms with E-state index in [0.29, 0.717) is 6.54 Å². The fourth-order valence-corrected chi connectivity index (χ4v) is 2.30. The van der Waals surface area contributed by atoms with Gasteiger partial charge in [0.15, 0.2) is 4.77 Å². The van der Waals surface area contributed by atoms with Crippen LogP contribution in [-0.2, 0) is 0 Å². The van der Waals surface area contributed by atoms with Crippen molar-refractivity contribution in [2.75, 3.05) is 27.2 Å². The van der Waals surface area contributed by atoms with Crippen LogP contribution in [0.15, 0.2) is 9.79 Å². The Kier molecular flexibility index (Phi) is 6.77. The summed E-state index contributed by atoms with van der Waals surface area (Å²) >= 11 is 5.11. The summed E-state index contributed by atoms with van der Waals surface area (Å²) in [6.45, 7) is 5.57. The Morgan fingerprint density at radius 1 is 1.52 bits per heavy atom. The normalized spacial score (nSPS) is 13.2. The number of H-pyrrole nitrogens is 1. The molecule has 0 fully saturated rings. The molecule has 21 heavy (non-hydrogen) atoms. The van der Waals surface area contributed by atoms with Crippen LogP contribution >= 0.6 is 12.2 Å². The molecule has 1 heterocycles. The van der Waals surface area contributed by atoms with Gasteiger partial charge in [-0.1, -0.05) is 6.92 Å². The summed E-state index contributed by atoms with van der Waals surface area (Å²) in [5, 5.41) is 10.3. The first kappa shape index (κ1) is 17.6. The van der Waals surface area contributed by atoms with Crippen molar-refractivity contribution >= 4 is 18.4 Å². The molecule has 118 valence electrons. The molecule has 0 aliphatic rings. The van der Waals surface area contributed by atoms with Gasteiger partial charge in [0, 0.05) is 25.2 Å². The van der Waals surface area contributed by atoms with Crippen LogP contribution in [0.4, 0.5) is 0 Å².